The molecular weight excluding hydrogens is 488 g/mol. The number of ether oxygens (including phenoxy) is 1. The van der Waals surface area contributed by atoms with E-state index in [1.54, 1.807) is 13.3 Å². The number of benzene rings is 2. The van der Waals surface area contributed by atoms with E-state index in [0.717, 1.165) is 64.8 Å². The van der Waals surface area contributed by atoms with Crippen LogP contribution in [0.4, 0.5) is 0 Å². The molecule has 3 heterocycles. The summed E-state index contributed by atoms with van der Waals surface area (Å²) in [5, 5.41) is 7.91. The molecule has 1 atom stereocenters. The maximum atomic E-state index is 11.8. The Kier molecular flexibility index (Phi) is 7.02. The van der Waals surface area contributed by atoms with E-state index < -0.39 is 0 Å². The quantitative estimate of drug-likeness (QED) is 0.429. The second-order valence-corrected chi connectivity index (χ2v) is 10.5. The minimum absolute atomic E-state index is 0.0513. The lowest BCUT2D eigenvalue weighted by molar-refractivity contribution is -0.125. The van der Waals surface area contributed by atoms with E-state index in [2.05, 4.69) is 63.0 Å². The molecule has 0 bridgehead atoms. The molecule has 1 aliphatic carbocycles. The van der Waals surface area contributed by atoms with E-state index in [1.807, 2.05) is 24.4 Å². The zero-order valence-corrected chi connectivity index (χ0v) is 22.1. The molecule has 8 heteroatoms. The molecule has 1 amide bonds. The van der Waals surface area contributed by atoms with Gasteiger partial charge in [-0.2, -0.15) is 0 Å². The first-order valence-corrected chi connectivity index (χ1v) is 13.6. The smallest absolute Gasteiger partial charge is 0.245 e. The third-order valence-corrected chi connectivity index (χ3v) is 8.02. The third kappa shape index (κ3) is 5.12. The Balaban J connectivity index is 1.23. The van der Waals surface area contributed by atoms with Crippen LogP contribution in [-0.2, 0) is 9.53 Å². The molecule has 8 nitrogen and oxygen atoms in total. The van der Waals surface area contributed by atoms with Gasteiger partial charge in [-0.05, 0) is 49.7 Å². The van der Waals surface area contributed by atoms with Gasteiger partial charge in [-0.3, -0.25) is 4.79 Å². The number of nitrogens with zero attached hydrogens (tertiary/aromatic N) is 3. The summed E-state index contributed by atoms with van der Waals surface area (Å²) in [6.07, 6.45) is 8.20. The molecule has 3 aliphatic rings. The minimum atomic E-state index is -0.0513. The summed E-state index contributed by atoms with van der Waals surface area (Å²) in [7, 11) is 1.54. The van der Waals surface area contributed by atoms with Crippen molar-refractivity contribution in [1.29, 1.82) is 0 Å². The summed E-state index contributed by atoms with van der Waals surface area (Å²) in [5.41, 5.74) is 12.4. The summed E-state index contributed by atoms with van der Waals surface area (Å²) in [5.74, 6) is 1.40. The number of nitrogens with one attached hydrogen (secondary N) is 2. The molecule has 1 fully saturated rings. The molecule has 200 valence electrons. The number of methoxy groups -OCH3 is 1. The Morgan fingerprint density at radius 2 is 1.87 bits per heavy atom. The SMILES string of the molecule is COCC(=O)NCC1CCC(C2NC(c3ccc4ccc(-c5ccccc5)nc4c3)=C3C(N)=NC=CN32)CC1. The van der Waals surface area contributed by atoms with Gasteiger partial charge in [0.2, 0.25) is 5.91 Å². The van der Waals surface area contributed by atoms with Crippen molar-refractivity contribution in [3.8, 4) is 11.3 Å². The van der Waals surface area contributed by atoms with Gasteiger partial charge in [0.25, 0.3) is 0 Å². The van der Waals surface area contributed by atoms with Crippen molar-refractivity contribution in [2.24, 2.45) is 22.6 Å². The Morgan fingerprint density at radius 1 is 1.08 bits per heavy atom. The number of carbonyl (C=O) groups excluding carboxylic acids is 1. The first-order valence-electron chi connectivity index (χ1n) is 13.6. The molecule has 2 aromatic carbocycles. The van der Waals surface area contributed by atoms with Gasteiger partial charge in [-0.25, -0.2) is 9.98 Å². The van der Waals surface area contributed by atoms with Crippen molar-refractivity contribution in [2.75, 3.05) is 20.3 Å². The van der Waals surface area contributed by atoms with Gasteiger partial charge in [0.1, 0.15) is 24.3 Å². The lowest BCUT2D eigenvalue weighted by Crippen LogP contribution is -2.44. The van der Waals surface area contributed by atoms with Crippen LogP contribution in [0.5, 0.6) is 0 Å². The van der Waals surface area contributed by atoms with Gasteiger partial charge < -0.3 is 26.0 Å². The lowest BCUT2D eigenvalue weighted by Gasteiger charge is -2.37. The lowest BCUT2D eigenvalue weighted by atomic mass is 9.80. The molecule has 0 spiro atoms. The highest BCUT2D eigenvalue weighted by Crippen LogP contribution is 2.39. The predicted octanol–water partition coefficient (Wildman–Crippen LogP) is 4.21. The molecular formula is C31H34N6O2. The van der Waals surface area contributed by atoms with Gasteiger partial charge in [0, 0.05) is 42.6 Å². The largest absolute Gasteiger partial charge is 0.382 e. The number of amidine groups is 1. The van der Waals surface area contributed by atoms with Crippen molar-refractivity contribution in [3.63, 3.8) is 0 Å². The number of hydrogen-bond acceptors (Lipinski definition) is 7. The molecule has 6 rings (SSSR count). The molecule has 0 radical (unpaired) electrons. The normalized spacial score (nSPS) is 22.4. The average Bonchev–Trinajstić information content (AvgIpc) is 3.37. The number of fused-ring (bicyclic) bond motifs is 2. The Labute approximate surface area is 228 Å². The molecule has 1 saturated carbocycles. The molecule has 39 heavy (non-hydrogen) atoms. The predicted molar refractivity (Wildman–Crippen MR) is 154 cm³/mol. The number of pyridine rings is 1. The summed E-state index contributed by atoms with van der Waals surface area (Å²) in [4.78, 5) is 23.5. The summed E-state index contributed by atoms with van der Waals surface area (Å²) in [6, 6.07) is 20.8. The standard InChI is InChI=1S/C31H34N6O2/c1-39-19-27(38)34-18-20-7-9-23(10-8-20)31-36-28(29-30(32)33-15-16-37(29)31)24-12-11-22-13-14-25(35-26(22)17-24)21-5-3-2-4-6-21/h2-6,11-17,20,23,31,36H,7-10,18-19H2,1H3,(H2,32,33)(H,34,38). The Bertz CT molecular complexity index is 1460. The van der Waals surface area contributed by atoms with Crippen LogP contribution in [0.15, 0.2) is 83.8 Å². The topological polar surface area (TPSA) is 105 Å². The number of carbonyl (C=O) groups is 1. The van der Waals surface area contributed by atoms with Gasteiger partial charge in [0.15, 0.2) is 0 Å². The van der Waals surface area contributed by atoms with Crippen LogP contribution in [0.2, 0.25) is 0 Å². The van der Waals surface area contributed by atoms with Crippen LogP contribution in [0, 0.1) is 11.8 Å². The number of aromatic nitrogens is 1. The molecule has 3 aromatic rings. The zero-order valence-electron chi connectivity index (χ0n) is 22.1. The Morgan fingerprint density at radius 3 is 2.67 bits per heavy atom. The molecule has 4 N–H and O–H groups in total. The van der Waals surface area contributed by atoms with Crippen LogP contribution >= 0.6 is 0 Å². The highest BCUT2D eigenvalue weighted by Gasteiger charge is 2.39. The highest BCUT2D eigenvalue weighted by atomic mass is 16.5. The fraction of sp³-hybridized carbons (Fsp3) is 0.323. The zero-order chi connectivity index (χ0) is 26.8. The summed E-state index contributed by atoms with van der Waals surface area (Å²) in [6.45, 7) is 0.820. The minimum Gasteiger partial charge on any atom is -0.382 e. The van der Waals surface area contributed by atoms with Gasteiger partial charge in [-0.1, -0.05) is 48.5 Å². The Hall–Kier alpha value is -4.17. The maximum absolute atomic E-state index is 11.8. The van der Waals surface area contributed by atoms with Crippen LogP contribution < -0.4 is 16.4 Å². The van der Waals surface area contributed by atoms with E-state index >= 15 is 0 Å². The van der Waals surface area contributed by atoms with Crippen molar-refractivity contribution >= 4 is 28.3 Å². The monoisotopic (exact) mass is 522 g/mol. The molecule has 1 unspecified atom stereocenters. The van der Waals surface area contributed by atoms with Crippen molar-refractivity contribution in [3.05, 3.63) is 84.3 Å². The maximum Gasteiger partial charge on any atom is 0.245 e. The van der Waals surface area contributed by atoms with Crippen LogP contribution in [0.3, 0.4) is 0 Å². The fourth-order valence-corrected chi connectivity index (χ4v) is 5.98. The number of rotatable bonds is 7. The van der Waals surface area contributed by atoms with Gasteiger partial charge in [0.05, 0.1) is 16.9 Å². The fourth-order valence-electron chi connectivity index (χ4n) is 5.98. The second-order valence-electron chi connectivity index (χ2n) is 10.5. The first kappa shape index (κ1) is 25.1. The number of aliphatic imine (C=N–C) groups is 1. The van der Waals surface area contributed by atoms with E-state index in [4.69, 9.17) is 15.5 Å². The van der Waals surface area contributed by atoms with E-state index in [0.29, 0.717) is 24.2 Å². The first-order chi connectivity index (χ1) is 19.1. The van der Waals surface area contributed by atoms with Crippen molar-refractivity contribution in [1.82, 2.24) is 20.5 Å². The van der Waals surface area contributed by atoms with Crippen LogP contribution in [0.25, 0.3) is 27.9 Å². The van der Waals surface area contributed by atoms with E-state index in [1.165, 1.54) is 0 Å². The van der Waals surface area contributed by atoms with Crippen molar-refractivity contribution < 1.29 is 9.53 Å². The number of amides is 1. The van der Waals surface area contributed by atoms with Crippen molar-refractivity contribution in [2.45, 2.75) is 31.8 Å². The van der Waals surface area contributed by atoms with Gasteiger partial charge in [-0.15, -0.1) is 0 Å². The second kappa shape index (κ2) is 10.9. The number of hydrogen-bond donors (Lipinski definition) is 3. The molecule has 2 aliphatic heterocycles. The summed E-state index contributed by atoms with van der Waals surface area (Å²) >= 11 is 0. The van der Waals surface area contributed by atoms with Crippen LogP contribution in [0.1, 0.15) is 31.2 Å². The third-order valence-electron chi connectivity index (χ3n) is 8.02. The highest BCUT2D eigenvalue weighted by molar-refractivity contribution is 6.05. The number of nitrogens with two attached hydrogens (primary N) is 1. The van der Waals surface area contributed by atoms with Crippen LogP contribution in [-0.4, -0.2) is 48.1 Å². The van der Waals surface area contributed by atoms with E-state index in [9.17, 15) is 4.79 Å². The van der Waals surface area contributed by atoms with E-state index in [-0.39, 0.29) is 18.7 Å². The van der Waals surface area contributed by atoms with Gasteiger partial charge >= 0.3 is 0 Å². The molecule has 0 saturated heterocycles. The summed E-state index contributed by atoms with van der Waals surface area (Å²) < 4.78 is 4.92. The average molecular weight is 523 g/mol. The molecule has 1 aromatic heterocycles.